The molecule has 0 radical (unpaired) electrons. The zero-order chi connectivity index (χ0) is 17.9. The maximum absolute atomic E-state index is 15.0. The third kappa shape index (κ3) is 2.22. The summed E-state index contributed by atoms with van der Waals surface area (Å²) in [5, 5.41) is 11.4. The van der Waals surface area contributed by atoms with Crippen molar-refractivity contribution in [3.63, 3.8) is 0 Å². The van der Waals surface area contributed by atoms with Crippen LogP contribution in [0.4, 0.5) is 10.1 Å². The van der Waals surface area contributed by atoms with Crippen molar-refractivity contribution < 1.29 is 14.3 Å². The van der Waals surface area contributed by atoms with E-state index in [-0.39, 0.29) is 17.0 Å². The van der Waals surface area contributed by atoms with Crippen molar-refractivity contribution >= 4 is 22.6 Å². The van der Waals surface area contributed by atoms with Gasteiger partial charge in [0.15, 0.2) is 0 Å². The Labute approximate surface area is 144 Å². The zero-order valence-electron chi connectivity index (χ0n) is 14.3. The second kappa shape index (κ2) is 5.47. The first kappa shape index (κ1) is 15.9. The molecule has 1 N–H and O–H groups in total. The molecule has 7 heteroatoms. The molecular formula is C18H20FN3O3. The van der Waals surface area contributed by atoms with Gasteiger partial charge in [0.2, 0.25) is 5.43 Å². The summed E-state index contributed by atoms with van der Waals surface area (Å²) < 4.78 is 16.7. The number of aromatic carboxylic acids is 1. The summed E-state index contributed by atoms with van der Waals surface area (Å²) in [6, 6.07) is 1.27. The van der Waals surface area contributed by atoms with Crippen LogP contribution in [-0.4, -0.2) is 41.9 Å². The lowest BCUT2D eigenvalue weighted by Gasteiger charge is -2.38. The number of likely N-dealkylation sites (N-methyl/N-ethyl adjacent to an activating group) is 1. The summed E-state index contributed by atoms with van der Waals surface area (Å²) in [4.78, 5) is 26.1. The number of benzene rings is 1. The Bertz CT molecular complexity index is 947. The van der Waals surface area contributed by atoms with Crippen molar-refractivity contribution in [3.05, 3.63) is 39.4 Å². The van der Waals surface area contributed by atoms with Gasteiger partial charge in [-0.05, 0) is 32.3 Å². The van der Waals surface area contributed by atoms with Crippen molar-refractivity contribution in [2.75, 3.05) is 30.0 Å². The minimum absolute atomic E-state index is 0.0583. The molecule has 0 aliphatic carbocycles. The van der Waals surface area contributed by atoms with Crippen LogP contribution in [0, 0.1) is 5.82 Å². The highest BCUT2D eigenvalue weighted by atomic mass is 19.1. The Hall–Kier alpha value is -2.57. The quantitative estimate of drug-likeness (QED) is 0.901. The fourth-order valence-corrected chi connectivity index (χ4v) is 4.02. The number of hydrogen-bond donors (Lipinski definition) is 1. The van der Waals surface area contributed by atoms with Crippen molar-refractivity contribution in [2.45, 2.75) is 32.2 Å². The molecule has 3 heterocycles. The molecule has 6 nitrogen and oxygen atoms in total. The van der Waals surface area contributed by atoms with E-state index in [2.05, 4.69) is 0 Å². The van der Waals surface area contributed by atoms with E-state index >= 15 is 0 Å². The van der Waals surface area contributed by atoms with E-state index in [1.54, 1.807) is 4.68 Å². The zero-order valence-corrected chi connectivity index (χ0v) is 14.3. The number of nitrogens with zero attached hydrogens (tertiary/aromatic N) is 3. The summed E-state index contributed by atoms with van der Waals surface area (Å²) in [7, 11) is 1.85. The summed E-state index contributed by atoms with van der Waals surface area (Å²) in [6.45, 7) is 3.61. The molecular weight excluding hydrogens is 325 g/mol. The van der Waals surface area contributed by atoms with E-state index in [9.17, 15) is 19.1 Å². The van der Waals surface area contributed by atoms with Crippen LogP contribution in [0.25, 0.3) is 10.9 Å². The Morgan fingerprint density at radius 1 is 1.32 bits per heavy atom. The number of aromatic nitrogens is 1. The Morgan fingerprint density at radius 3 is 2.64 bits per heavy atom. The highest BCUT2D eigenvalue weighted by Crippen LogP contribution is 2.36. The molecule has 1 unspecified atom stereocenters. The minimum atomic E-state index is -1.30. The lowest BCUT2D eigenvalue weighted by molar-refractivity contribution is 0.0694. The maximum Gasteiger partial charge on any atom is 0.341 e. The molecule has 1 fully saturated rings. The van der Waals surface area contributed by atoms with Gasteiger partial charge in [-0.2, -0.15) is 0 Å². The van der Waals surface area contributed by atoms with Crippen LogP contribution in [0.3, 0.4) is 0 Å². The molecule has 1 atom stereocenters. The first-order valence-corrected chi connectivity index (χ1v) is 8.52. The van der Waals surface area contributed by atoms with Crippen LogP contribution in [0.15, 0.2) is 17.1 Å². The predicted octanol–water partition coefficient (Wildman–Crippen LogP) is 1.95. The molecule has 2 aliphatic heterocycles. The summed E-state index contributed by atoms with van der Waals surface area (Å²) in [5.41, 5.74) is 1.03. The number of rotatable bonds is 2. The standard InChI is InChI=1S/C18H20FN3O3/c1-10-7-11-15-12(8-14(19)16(11)21-5-3-4-6-21)17(23)13(18(24)25)9-22(15)20(10)2/h8-10H,3-7H2,1-2H3,(H,24,25). The van der Waals surface area contributed by atoms with Crippen molar-refractivity contribution in [1.29, 1.82) is 0 Å². The molecule has 0 saturated carbocycles. The van der Waals surface area contributed by atoms with Crippen LogP contribution in [0.2, 0.25) is 0 Å². The molecule has 0 bridgehead atoms. The van der Waals surface area contributed by atoms with Crippen LogP contribution in [0.1, 0.15) is 35.7 Å². The molecule has 1 aromatic heterocycles. The van der Waals surface area contributed by atoms with E-state index in [0.29, 0.717) is 17.6 Å². The van der Waals surface area contributed by atoms with E-state index in [1.807, 2.05) is 23.9 Å². The van der Waals surface area contributed by atoms with Crippen molar-refractivity contribution in [1.82, 2.24) is 4.68 Å². The number of carboxylic acid groups (broad SMARTS) is 1. The summed E-state index contributed by atoms with van der Waals surface area (Å²) >= 11 is 0. The largest absolute Gasteiger partial charge is 0.477 e. The van der Waals surface area contributed by atoms with Gasteiger partial charge in [0.25, 0.3) is 0 Å². The van der Waals surface area contributed by atoms with Gasteiger partial charge in [0.05, 0.1) is 16.6 Å². The second-order valence-electron chi connectivity index (χ2n) is 6.92. The van der Waals surface area contributed by atoms with Crippen LogP contribution in [-0.2, 0) is 6.42 Å². The summed E-state index contributed by atoms with van der Waals surface area (Å²) in [6.07, 6.45) is 4.02. The molecule has 1 aromatic carbocycles. The highest BCUT2D eigenvalue weighted by molar-refractivity contribution is 5.95. The first-order chi connectivity index (χ1) is 11.9. The molecule has 4 rings (SSSR count). The van der Waals surface area contributed by atoms with Gasteiger partial charge in [-0.1, -0.05) is 0 Å². The van der Waals surface area contributed by atoms with Gasteiger partial charge in [0, 0.05) is 37.9 Å². The average molecular weight is 345 g/mol. The molecule has 2 aromatic rings. The number of anilines is 1. The fourth-order valence-electron chi connectivity index (χ4n) is 4.02. The van der Waals surface area contributed by atoms with E-state index < -0.39 is 17.2 Å². The number of carbonyl (C=O) groups is 1. The average Bonchev–Trinajstić information content (AvgIpc) is 3.07. The van der Waals surface area contributed by atoms with Crippen LogP contribution < -0.4 is 15.3 Å². The third-order valence-electron chi connectivity index (χ3n) is 5.42. The SMILES string of the molecule is CC1Cc2c(N3CCCC3)c(F)cc3c(=O)c(C(=O)O)cn(c23)N1C. The number of carboxylic acids is 1. The number of pyridine rings is 1. The molecule has 25 heavy (non-hydrogen) atoms. The molecule has 0 spiro atoms. The van der Waals surface area contributed by atoms with Gasteiger partial charge in [-0.25, -0.2) is 9.18 Å². The lowest BCUT2D eigenvalue weighted by atomic mass is 9.96. The van der Waals surface area contributed by atoms with Gasteiger partial charge in [-0.3, -0.25) is 9.47 Å². The van der Waals surface area contributed by atoms with Crippen LogP contribution in [0.5, 0.6) is 0 Å². The minimum Gasteiger partial charge on any atom is -0.477 e. The van der Waals surface area contributed by atoms with E-state index in [4.69, 9.17) is 0 Å². The highest BCUT2D eigenvalue weighted by Gasteiger charge is 2.31. The third-order valence-corrected chi connectivity index (χ3v) is 5.42. The normalized spacial score (nSPS) is 19.7. The van der Waals surface area contributed by atoms with Gasteiger partial charge >= 0.3 is 5.97 Å². The fraction of sp³-hybridized carbons (Fsp3) is 0.444. The van der Waals surface area contributed by atoms with E-state index in [1.165, 1.54) is 12.3 Å². The first-order valence-electron chi connectivity index (χ1n) is 8.52. The monoisotopic (exact) mass is 345 g/mol. The van der Waals surface area contributed by atoms with Crippen molar-refractivity contribution in [3.8, 4) is 0 Å². The van der Waals surface area contributed by atoms with Crippen LogP contribution >= 0.6 is 0 Å². The number of halogens is 1. The Kier molecular flexibility index (Phi) is 3.49. The topological polar surface area (TPSA) is 65.8 Å². The van der Waals surface area contributed by atoms with Gasteiger partial charge in [0.1, 0.15) is 11.4 Å². The van der Waals surface area contributed by atoms with E-state index in [0.717, 1.165) is 31.5 Å². The molecule has 1 saturated heterocycles. The smallest absolute Gasteiger partial charge is 0.341 e. The Balaban J connectivity index is 2.12. The predicted molar refractivity (Wildman–Crippen MR) is 93.9 cm³/mol. The van der Waals surface area contributed by atoms with Gasteiger partial charge in [-0.15, -0.1) is 0 Å². The molecule has 2 aliphatic rings. The van der Waals surface area contributed by atoms with Crippen molar-refractivity contribution in [2.24, 2.45) is 0 Å². The Morgan fingerprint density at radius 2 is 2.00 bits per heavy atom. The second-order valence-corrected chi connectivity index (χ2v) is 6.92. The number of hydrogen-bond acceptors (Lipinski definition) is 4. The molecule has 0 amide bonds. The van der Waals surface area contributed by atoms with Gasteiger partial charge < -0.3 is 15.0 Å². The molecule has 132 valence electrons. The summed E-state index contributed by atoms with van der Waals surface area (Å²) in [5.74, 6) is -1.74. The lowest BCUT2D eigenvalue weighted by Crippen LogP contribution is -2.45. The maximum atomic E-state index is 15.0.